The summed E-state index contributed by atoms with van der Waals surface area (Å²) < 4.78 is 2.76. The van der Waals surface area contributed by atoms with Crippen LogP contribution in [0.3, 0.4) is 0 Å². The molecule has 4 aromatic heterocycles. The van der Waals surface area contributed by atoms with Crippen molar-refractivity contribution in [1.82, 2.24) is 35.0 Å². The minimum Gasteiger partial charge on any atom is -0.354 e. The van der Waals surface area contributed by atoms with Gasteiger partial charge in [0.2, 0.25) is 5.91 Å². The van der Waals surface area contributed by atoms with Crippen LogP contribution in [0, 0.1) is 3.70 Å². The van der Waals surface area contributed by atoms with Crippen molar-refractivity contribution >= 4 is 51.0 Å². The van der Waals surface area contributed by atoms with E-state index in [1.54, 1.807) is 30.9 Å². The van der Waals surface area contributed by atoms with Crippen LogP contribution in [-0.2, 0) is 4.79 Å². The van der Waals surface area contributed by atoms with Gasteiger partial charge in [-0.2, -0.15) is 5.10 Å². The summed E-state index contributed by atoms with van der Waals surface area (Å²) in [6.07, 6.45) is 6.92. The normalized spacial score (nSPS) is 12.0. The van der Waals surface area contributed by atoms with E-state index in [1.807, 2.05) is 29.8 Å². The minimum absolute atomic E-state index is 0.00796. The molecular formula is C20H19IN8O. The molecule has 30 heavy (non-hydrogen) atoms. The monoisotopic (exact) mass is 514 g/mol. The number of nitrogens with one attached hydrogen (secondary N) is 2. The van der Waals surface area contributed by atoms with Crippen LogP contribution in [0.2, 0.25) is 0 Å². The van der Waals surface area contributed by atoms with Gasteiger partial charge in [0, 0.05) is 49.9 Å². The van der Waals surface area contributed by atoms with Crippen LogP contribution < -0.4 is 10.6 Å². The average Bonchev–Trinajstić information content (AvgIpc) is 3.09. The Hall–Kier alpha value is -3.15. The van der Waals surface area contributed by atoms with E-state index in [2.05, 4.69) is 58.3 Å². The Morgan fingerprint density at radius 3 is 2.83 bits per heavy atom. The molecule has 0 saturated heterocycles. The van der Waals surface area contributed by atoms with Crippen LogP contribution in [0.1, 0.15) is 19.9 Å². The second-order valence-electron chi connectivity index (χ2n) is 6.74. The van der Waals surface area contributed by atoms with Crippen LogP contribution in [-0.4, -0.2) is 42.2 Å². The summed E-state index contributed by atoms with van der Waals surface area (Å²) >= 11 is 2.19. The molecule has 1 unspecified atom stereocenters. The van der Waals surface area contributed by atoms with Crippen LogP contribution in [0.25, 0.3) is 22.3 Å². The summed E-state index contributed by atoms with van der Waals surface area (Å²) in [5, 5.41) is 11.6. The molecule has 0 radical (unpaired) electrons. The van der Waals surface area contributed by atoms with Gasteiger partial charge < -0.3 is 10.6 Å². The van der Waals surface area contributed by atoms with Gasteiger partial charge in [0.25, 0.3) is 0 Å². The van der Waals surface area contributed by atoms with Gasteiger partial charge in [0.1, 0.15) is 15.3 Å². The van der Waals surface area contributed by atoms with Gasteiger partial charge in [-0.25, -0.2) is 15.0 Å². The van der Waals surface area contributed by atoms with Crippen molar-refractivity contribution in [2.75, 3.05) is 11.9 Å². The van der Waals surface area contributed by atoms with Gasteiger partial charge in [0.05, 0.1) is 16.9 Å². The number of aromatic nitrogens is 6. The van der Waals surface area contributed by atoms with Crippen molar-refractivity contribution in [3.8, 4) is 11.4 Å². The average molecular weight is 514 g/mol. The number of pyridine rings is 2. The van der Waals surface area contributed by atoms with Crippen molar-refractivity contribution < 1.29 is 4.79 Å². The van der Waals surface area contributed by atoms with Crippen LogP contribution >= 0.6 is 22.6 Å². The van der Waals surface area contributed by atoms with E-state index in [9.17, 15) is 4.79 Å². The van der Waals surface area contributed by atoms with Crippen molar-refractivity contribution in [1.29, 1.82) is 0 Å². The Balaban J connectivity index is 1.62. The van der Waals surface area contributed by atoms with E-state index >= 15 is 0 Å². The Bertz CT molecular complexity index is 1190. The highest BCUT2D eigenvalue weighted by molar-refractivity contribution is 14.1. The number of nitrogens with zero attached hydrogens (tertiary/aromatic N) is 6. The molecule has 0 aliphatic heterocycles. The van der Waals surface area contributed by atoms with E-state index in [0.717, 1.165) is 20.2 Å². The zero-order valence-electron chi connectivity index (χ0n) is 16.4. The van der Waals surface area contributed by atoms with Gasteiger partial charge in [-0.1, -0.05) is 0 Å². The first-order valence-electron chi connectivity index (χ1n) is 9.30. The summed E-state index contributed by atoms with van der Waals surface area (Å²) in [6.45, 7) is 4.01. The molecule has 0 fully saturated rings. The lowest BCUT2D eigenvalue weighted by molar-refractivity contribution is -0.119. The molecule has 4 aromatic rings. The highest BCUT2D eigenvalue weighted by atomic mass is 127. The highest BCUT2D eigenvalue weighted by Gasteiger charge is 2.15. The number of halogens is 1. The molecule has 0 aromatic carbocycles. The minimum atomic E-state index is -0.0646. The molecule has 0 aliphatic rings. The highest BCUT2D eigenvalue weighted by Crippen LogP contribution is 2.26. The van der Waals surface area contributed by atoms with E-state index in [0.29, 0.717) is 24.0 Å². The fraction of sp³-hybridized carbons (Fsp3) is 0.200. The smallest absolute Gasteiger partial charge is 0.216 e. The first-order valence-corrected chi connectivity index (χ1v) is 10.4. The van der Waals surface area contributed by atoms with Crippen LogP contribution in [0.5, 0.6) is 0 Å². The predicted molar refractivity (Wildman–Crippen MR) is 122 cm³/mol. The number of anilines is 2. The second-order valence-corrected chi connectivity index (χ2v) is 7.76. The van der Waals surface area contributed by atoms with Crippen molar-refractivity contribution in [2.24, 2.45) is 0 Å². The third-order valence-corrected chi connectivity index (χ3v) is 5.24. The molecule has 2 N–H and O–H groups in total. The molecule has 152 valence electrons. The lowest BCUT2D eigenvalue weighted by Crippen LogP contribution is -2.27. The molecule has 0 bridgehead atoms. The Labute approximate surface area is 186 Å². The summed E-state index contributed by atoms with van der Waals surface area (Å²) in [7, 11) is 0. The predicted octanol–water partition coefficient (Wildman–Crippen LogP) is 3.33. The molecule has 9 nitrogen and oxygen atoms in total. The molecule has 4 heterocycles. The molecule has 4 rings (SSSR count). The van der Waals surface area contributed by atoms with E-state index in [1.165, 1.54) is 6.92 Å². The molecule has 0 spiro atoms. The number of hydrogen-bond donors (Lipinski definition) is 2. The summed E-state index contributed by atoms with van der Waals surface area (Å²) in [6, 6.07) is 7.46. The largest absolute Gasteiger partial charge is 0.354 e. The third kappa shape index (κ3) is 4.37. The Morgan fingerprint density at radius 1 is 1.20 bits per heavy atom. The van der Waals surface area contributed by atoms with Crippen molar-refractivity contribution in [3.05, 3.63) is 52.8 Å². The Morgan fingerprint density at radius 2 is 2.07 bits per heavy atom. The van der Waals surface area contributed by atoms with Gasteiger partial charge in [0.15, 0.2) is 5.82 Å². The van der Waals surface area contributed by atoms with Crippen molar-refractivity contribution in [2.45, 2.75) is 19.9 Å². The number of amides is 1. The lowest BCUT2D eigenvalue weighted by atomic mass is 10.2. The number of rotatable bonds is 6. The zero-order chi connectivity index (χ0) is 21.1. The molecule has 0 saturated carbocycles. The fourth-order valence-corrected chi connectivity index (χ4v) is 3.62. The fourth-order valence-electron chi connectivity index (χ4n) is 2.97. The first-order chi connectivity index (χ1) is 14.5. The quantitative estimate of drug-likeness (QED) is 0.380. The number of fused-ring (bicyclic) bond motifs is 1. The van der Waals surface area contributed by atoms with Gasteiger partial charge in [-0.05, 0) is 47.7 Å². The van der Waals surface area contributed by atoms with Gasteiger partial charge in [-0.15, -0.1) is 0 Å². The SMILES string of the molecule is CC(=O)NCC(C)n1nc(I)c2cnc(Nc3ccnc(-c4cccnc4)n3)cc21. The molecular weight excluding hydrogens is 495 g/mol. The Kier molecular flexibility index (Phi) is 5.84. The molecule has 1 atom stereocenters. The first kappa shape index (κ1) is 20.1. The summed E-state index contributed by atoms with van der Waals surface area (Å²) in [4.78, 5) is 28.7. The maximum atomic E-state index is 11.3. The summed E-state index contributed by atoms with van der Waals surface area (Å²) in [5.74, 6) is 1.79. The number of carbonyl (C=O) groups is 1. The number of hydrogen-bond acceptors (Lipinski definition) is 7. The lowest BCUT2D eigenvalue weighted by Gasteiger charge is -2.14. The maximum Gasteiger partial charge on any atom is 0.216 e. The molecule has 0 aliphatic carbocycles. The van der Waals surface area contributed by atoms with Crippen LogP contribution in [0.15, 0.2) is 49.1 Å². The zero-order valence-corrected chi connectivity index (χ0v) is 18.5. The van der Waals surface area contributed by atoms with E-state index < -0.39 is 0 Å². The third-order valence-electron chi connectivity index (χ3n) is 4.44. The van der Waals surface area contributed by atoms with Crippen molar-refractivity contribution in [3.63, 3.8) is 0 Å². The van der Waals surface area contributed by atoms with Crippen LogP contribution in [0.4, 0.5) is 11.6 Å². The molecule has 1 amide bonds. The van der Waals surface area contributed by atoms with Gasteiger partial charge in [-0.3, -0.25) is 14.5 Å². The van der Waals surface area contributed by atoms with Gasteiger partial charge >= 0.3 is 0 Å². The van der Waals surface area contributed by atoms with E-state index in [-0.39, 0.29) is 11.9 Å². The number of carbonyl (C=O) groups excluding carboxylic acids is 1. The van der Waals surface area contributed by atoms with E-state index in [4.69, 9.17) is 0 Å². The second kappa shape index (κ2) is 8.69. The topological polar surface area (TPSA) is 111 Å². The molecule has 10 heteroatoms. The summed E-state index contributed by atoms with van der Waals surface area (Å²) in [5.41, 5.74) is 1.76. The maximum absolute atomic E-state index is 11.3. The standard InChI is InChI=1S/C20H19IN8O/c1-12(9-24-13(2)30)29-16-8-18(25-11-15(16)19(21)28-29)26-17-5-7-23-20(27-17)14-4-3-6-22-10-14/h3-8,10-12H,9H2,1-2H3,(H,24,30)(H,23,25,26,27).